The lowest BCUT2D eigenvalue weighted by atomic mass is 10.3. The summed E-state index contributed by atoms with van der Waals surface area (Å²) < 4.78 is 61.0. The molecule has 0 bridgehead atoms. The second kappa shape index (κ2) is 10.7. The summed E-state index contributed by atoms with van der Waals surface area (Å²) in [4.78, 5) is 40.7. The first-order valence-corrected chi connectivity index (χ1v) is 14.2. The van der Waals surface area contributed by atoms with Gasteiger partial charge in [-0.1, -0.05) is 23.2 Å². The van der Waals surface area contributed by atoms with Crippen LogP contribution in [0.4, 0.5) is 8.78 Å². The number of benzene rings is 1. The summed E-state index contributed by atoms with van der Waals surface area (Å²) in [5.41, 5.74) is -4.77. The average molecular weight is 633 g/mol. The molecule has 218 valence electrons. The van der Waals surface area contributed by atoms with E-state index in [4.69, 9.17) is 27.9 Å². The molecule has 18 heteroatoms. The van der Waals surface area contributed by atoms with E-state index in [1.165, 1.54) is 0 Å². The summed E-state index contributed by atoms with van der Waals surface area (Å²) in [6, 6.07) is 3.09. The second-order valence-electron chi connectivity index (χ2n) is 9.57. The molecular formula is C23H20Cl2F2N6O7S. The predicted molar refractivity (Wildman–Crippen MR) is 139 cm³/mol. The third kappa shape index (κ3) is 6.19. The topological polar surface area (TPSA) is 185 Å². The van der Waals surface area contributed by atoms with E-state index in [9.17, 15) is 36.7 Å². The Morgan fingerprint density at radius 3 is 2.46 bits per heavy atom. The molecule has 5 rings (SSSR count). The maximum atomic E-state index is 13.1. The molecule has 0 radical (unpaired) electrons. The van der Waals surface area contributed by atoms with E-state index in [1.807, 2.05) is 0 Å². The molecule has 2 heterocycles. The summed E-state index contributed by atoms with van der Waals surface area (Å²) >= 11 is 12.5. The van der Waals surface area contributed by atoms with Gasteiger partial charge in [-0.3, -0.25) is 14.6 Å². The third-order valence-corrected chi connectivity index (χ3v) is 8.53. The van der Waals surface area contributed by atoms with Crippen molar-refractivity contribution in [3.05, 3.63) is 61.0 Å². The molecule has 13 nitrogen and oxygen atoms in total. The Labute approximate surface area is 239 Å². The van der Waals surface area contributed by atoms with Crippen molar-refractivity contribution in [3.8, 4) is 23.1 Å². The highest BCUT2D eigenvalue weighted by Gasteiger charge is 2.47. The number of alkyl halides is 2. The number of rotatable bonds is 10. The molecule has 2 aliphatic rings. The third-order valence-electron chi connectivity index (χ3n) is 6.36. The van der Waals surface area contributed by atoms with Crippen LogP contribution < -0.4 is 26.0 Å². The number of nitrogens with zero attached hydrogens (tertiary/aromatic N) is 3. The number of sulfonamides is 1. The van der Waals surface area contributed by atoms with Crippen LogP contribution in [0.2, 0.25) is 10.0 Å². The van der Waals surface area contributed by atoms with Crippen molar-refractivity contribution >= 4 is 39.1 Å². The summed E-state index contributed by atoms with van der Waals surface area (Å²) in [5, 5.41) is 15.9. The van der Waals surface area contributed by atoms with Gasteiger partial charge in [0.1, 0.15) is 4.90 Å². The summed E-state index contributed by atoms with van der Waals surface area (Å²) in [6.07, 6.45) is 0.140. The molecule has 2 aromatic heterocycles. The standard InChI is InChI=1S/C23H20Cl2F2N6O7S/c24-12-5-11(33-22(37)30-21(36)17(31-33)19(26)27)6-13(25)18(12)40-16-7-15(14(34)8-28-16)41(38,39)32-23(3-4-23)9-29-20(35)10-1-2-10/h5-8,10,19,32,34H,1-4,9H2,(H,29,35)(H,30,36,37). The maximum Gasteiger partial charge on any atom is 0.349 e. The number of halogens is 4. The van der Waals surface area contributed by atoms with Crippen molar-refractivity contribution in [2.24, 2.45) is 5.92 Å². The molecule has 0 aliphatic heterocycles. The summed E-state index contributed by atoms with van der Waals surface area (Å²) in [5.74, 6) is -1.43. The Bertz CT molecular complexity index is 1750. The fourth-order valence-electron chi connectivity index (χ4n) is 3.84. The number of ether oxygens (including phenoxy) is 1. The second-order valence-corrected chi connectivity index (χ2v) is 12.0. The number of nitrogens with one attached hydrogen (secondary N) is 3. The van der Waals surface area contributed by atoms with E-state index in [1.54, 1.807) is 4.98 Å². The van der Waals surface area contributed by atoms with E-state index >= 15 is 0 Å². The zero-order valence-corrected chi connectivity index (χ0v) is 23.0. The smallest absolute Gasteiger partial charge is 0.349 e. The van der Waals surface area contributed by atoms with Gasteiger partial charge in [0.25, 0.3) is 12.0 Å². The van der Waals surface area contributed by atoms with Gasteiger partial charge in [0, 0.05) is 18.5 Å². The average Bonchev–Trinajstić information content (AvgIpc) is 3.82. The quantitative estimate of drug-likeness (QED) is 0.260. The van der Waals surface area contributed by atoms with Crippen LogP contribution >= 0.6 is 23.2 Å². The van der Waals surface area contributed by atoms with Gasteiger partial charge >= 0.3 is 5.69 Å². The number of aromatic amines is 1. The largest absolute Gasteiger partial charge is 0.505 e. The van der Waals surface area contributed by atoms with Gasteiger partial charge in [-0.25, -0.2) is 31.7 Å². The molecule has 2 fully saturated rings. The highest BCUT2D eigenvalue weighted by Crippen LogP contribution is 2.40. The van der Waals surface area contributed by atoms with E-state index in [0.717, 1.165) is 37.2 Å². The van der Waals surface area contributed by atoms with Crippen molar-refractivity contribution in [2.45, 2.75) is 42.5 Å². The first kappa shape index (κ1) is 28.9. The minimum Gasteiger partial charge on any atom is -0.505 e. The molecule has 41 heavy (non-hydrogen) atoms. The van der Waals surface area contributed by atoms with E-state index < -0.39 is 49.6 Å². The minimum atomic E-state index is -4.31. The van der Waals surface area contributed by atoms with Gasteiger partial charge in [0.05, 0.1) is 27.5 Å². The van der Waals surface area contributed by atoms with Crippen molar-refractivity contribution in [3.63, 3.8) is 0 Å². The molecule has 2 saturated carbocycles. The number of carbonyl (C=O) groups excluding carboxylic acids is 1. The van der Waals surface area contributed by atoms with Crippen LogP contribution in [0.25, 0.3) is 5.69 Å². The highest BCUT2D eigenvalue weighted by atomic mass is 35.5. The van der Waals surface area contributed by atoms with Crippen molar-refractivity contribution in [1.82, 2.24) is 29.8 Å². The van der Waals surface area contributed by atoms with E-state index in [-0.39, 0.29) is 45.7 Å². The first-order chi connectivity index (χ1) is 19.3. The molecular weight excluding hydrogens is 613 g/mol. The van der Waals surface area contributed by atoms with Gasteiger partial charge in [-0.2, -0.15) is 9.78 Å². The predicted octanol–water partition coefficient (Wildman–Crippen LogP) is 2.40. The van der Waals surface area contributed by atoms with Crippen LogP contribution in [0.15, 0.2) is 38.9 Å². The van der Waals surface area contributed by atoms with Crippen LogP contribution in [-0.2, 0) is 14.8 Å². The zero-order valence-electron chi connectivity index (χ0n) is 20.7. The van der Waals surface area contributed by atoms with Gasteiger partial charge < -0.3 is 15.2 Å². The number of aromatic hydroxyl groups is 1. The number of amides is 1. The monoisotopic (exact) mass is 632 g/mol. The SMILES string of the molecule is O=C(NCC1(NS(=O)(=O)c2cc(Oc3c(Cl)cc(-n4nc(C(F)F)c(=O)[nH]c4=O)cc3Cl)ncc2O)CC1)C1CC1. The lowest BCUT2D eigenvalue weighted by molar-refractivity contribution is -0.122. The number of aromatic nitrogens is 4. The number of hydrogen-bond acceptors (Lipinski definition) is 9. The Balaban J connectivity index is 1.38. The van der Waals surface area contributed by atoms with E-state index in [2.05, 4.69) is 20.1 Å². The van der Waals surface area contributed by atoms with Crippen molar-refractivity contribution in [1.29, 1.82) is 0 Å². The molecule has 3 aromatic rings. The van der Waals surface area contributed by atoms with Crippen LogP contribution in [0.3, 0.4) is 0 Å². The molecule has 4 N–H and O–H groups in total. The lowest BCUT2D eigenvalue weighted by Crippen LogP contribution is -2.46. The summed E-state index contributed by atoms with van der Waals surface area (Å²) in [6.45, 7) is 0.0976. The van der Waals surface area contributed by atoms with E-state index in [0.29, 0.717) is 17.5 Å². The maximum absolute atomic E-state index is 13.1. The lowest BCUT2D eigenvalue weighted by Gasteiger charge is -2.19. The van der Waals surface area contributed by atoms with Gasteiger partial charge in [0.2, 0.25) is 21.8 Å². The van der Waals surface area contributed by atoms with Crippen LogP contribution in [0.5, 0.6) is 17.4 Å². The first-order valence-electron chi connectivity index (χ1n) is 12.0. The molecule has 1 amide bonds. The fourth-order valence-corrected chi connectivity index (χ4v) is 5.93. The minimum absolute atomic E-state index is 0.0388. The number of hydrogen-bond donors (Lipinski definition) is 4. The molecule has 0 atom stereocenters. The molecule has 0 unspecified atom stereocenters. The van der Waals surface area contributed by atoms with Crippen molar-refractivity contribution < 1.29 is 31.8 Å². The summed E-state index contributed by atoms with van der Waals surface area (Å²) in [7, 11) is -4.31. The van der Waals surface area contributed by atoms with Crippen LogP contribution in [0.1, 0.15) is 37.8 Å². The van der Waals surface area contributed by atoms with Gasteiger partial charge in [-0.15, -0.1) is 0 Å². The number of carbonyl (C=O) groups is 1. The Hall–Kier alpha value is -3.60. The molecule has 0 saturated heterocycles. The van der Waals surface area contributed by atoms with Gasteiger partial charge in [0.15, 0.2) is 17.2 Å². The number of pyridine rings is 1. The van der Waals surface area contributed by atoms with Crippen LogP contribution in [-0.4, -0.2) is 51.3 Å². The Morgan fingerprint density at radius 1 is 1.22 bits per heavy atom. The fraction of sp³-hybridized carbons (Fsp3) is 0.348. The van der Waals surface area contributed by atoms with Crippen LogP contribution in [0, 0.1) is 5.92 Å². The number of H-pyrrole nitrogens is 1. The Kier molecular flexibility index (Phi) is 7.52. The van der Waals surface area contributed by atoms with Gasteiger partial charge in [-0.05, 0) is 37.8 Å². The highest BCUT2D eigenvalue weighted by molar-refractivity contribution is 7.89. The zero-order chi connectivity index (χ0) is 29.7. The van der Waals surface area contributed by atoms with Crippen molar-refractivity contribution in [2.75, 3.05) is 6.54 Å². The molecule has 1 aromatic carbocycles. The molecule has 0 spiro atoms. The normalized spacial score (nSPS) is 16.0. The Morgan fingerprint density at radius 2 is 1.88 bits per heavy atom. The molecule has 2 aliphatic carbocycles.